The summed E-state index contributed by atoms with van der Waals surface area (Å²) in [5.74, 6) is -0.573. The van der Waals surface area contributed by atoms with Gasteiger partial charge in [0.2, 0.25) is 11.5 Å². The number of halogens is 2. The van der Waals surface area contributed by atoms with Crippen LogP contribution in [0.15, 0.2) is 18.2 Å². The molecule has 0 saturated carbocycles. The maximum absolute atomic E-state index is 14.0. The van der Waals surface area contributed by atoms with Gasteiger partial charge in [-0.3, -0.25) is 0 Å². The van der Waals surface area contributed by atoms with Crippen LogP contribution in [-0.2, 0) is 14.3 Å². The largest absolute Gasteiger partial charge is 0.466 e. The second kappa shape index (κ2) is 9.74. The van der Waals surface area contributed by atoms with Gasteiger partial charge in [0.1, 0.15) is 5.82 Å². The maximum Gasteiger partial charge on any atom is 0.349 e. The SMILES string of the molecule is CCOC1CCN(c2nc(OC(C)(C)C(=O)OC)nc(-c3ccc(Cl)c(F)c3)n2)CC1. The van der Waals surface area contributed by atoms with E-state index in [0.29, 0.717) is 31.2 Å². The highest BCUT2D eigenvalue weighted by Gasteiger charge is 2.33. The summed E-state index contributed by atoms with van der Waals surface area (Å²) in [5.41, 5.74) is -0.909. The number of methoxy groups -OCH3 is 1. The van der Waals surface area contributed by atoms with Gasteiger partial charge in [-0.2, -0.15) is 15.0 Å². The first kappa shape index (κ1) is 23.1. The number of carbonyl (C=O) groups excluding carboxylic acids is 1. The summed E-state index contributed by atoms with van der Waals surface area (Å²) >= 11 is 5.81. The van der Waals surface area contributed by atoms with Gasteiger partial charge in [0.05, 0.1) is 18.2 Å². The summed E-state index contributed by atoms with van der Waals surface area (Å²) in [5, 5.41) is -0.000626. The van der Waals surface area contributed by atoms with Crippen LogP contribution in [0.2, 0.25) is 5.02 Å². The zero-order chi connectivity index (χ0) is 22.6. The molecule has 1 saturated heterocycles. The molecular formula is C21H26ClFN4O4. The Labute approximate surface area is 185 Å². The summed E-state index contributed by atoms with van der Waals surface area (Å²) in [6.45, 7) is 7.12. The van der Waals surface area contributed by atoms with Gasteiger partial charge in [-0.05, 0) is 51.8 Å². The molecule has 1 aliphatic heterocycles. The Morgan fingerprint density at radius 1 is 1.26 bits per heavy atom. The van der Waals surface area contributed by atoms with Gasteiger partial charge in [0, 0.05) is 25.3 Å². The van der Waals surface area contributed by atoms with Gasteiger partial charge < -0.3 is 19.1 Å². The topological polar surface area (TPSA) is 86.7 Å². The lowest BCUT2D eigenvalue weighted by Gasteiger charge is -2.32. The lowest BCUT2D eigenvalue weighted by Crippen LogP contribution is -2.40. The predicted octanol–water partition coefficient (Wildman–Crippen LogP) is 3.67. The van der Waals surface area contributed by atoms with Crippen LogP contribution in [0.3, 0.4) is 0 Å². The van der Waals surface area contributed by atoms with Gasteiger partial charge in [-0.1, -0.05) is 11.6 Å². The number of hydrogen-bond acceptors (Lipinski definition) is 8. The summed E-state index contributed by atoms with van der Waals surface area (Å²) in [6, 6.07) is 4.24. The number of benzene rings is 1. The average Bonchev–Trinajstić information content (AvgIpc) is 2.75. The van der Waals surface area contributed by atoms with E-state index in [1.54, 1.807) is 19.9 Å². The van der Waals surface area contributed by atoms with E-state index in [-0.39, 0.29) is 23.0 Å². The summed E-state index contributed by atoms with van der Waals surface area (Å²) in [4.78, 5) is 27.3. The van der Waals surface area contributed by atoms with Crippen LogP contribution in [0.5, 0.6) is 6.01 Å². The second-order valence-corrected chi connectivity index (χ2v) is 8.02. The molecule has 2 aromatic rings. The molecule has 0 N–H and O–H groups in total. The maximum atomic E-state index is 14.0. The lowest BCUT2D eigenvalue weighted by molar-refractivity contribution is -0.156. The normalized spacial score (nSPS) is 15.1. The van der Waals surface area contributed by atoms with E-state index in [4.69, 9.17) is 25.8 Å². The number of nitrogens with zero attached hydrogens (tertiary/aromatic N) is 4. The van der Waals surface area contributed by atoms with Crippen LogP contribution in [0.25, 0.3) is 11.4 Å². The molecule has 0 aliphatic carbocycles. The van der Waals surface area contributed by atoms with E-state index in [1.807, 2.05) is 11.8 Å². The van der Waals surface area contributed by atoms with Gasteiger partial charge in [0.15, 0.2) is 5.82 Å². The third kappa shape index (κ3) is 5.59. The van der Waals surface area contributed by atoms with Crippen molar-refractivity contribution >= 4 is 23.5 Å². The van der Waals surface area contributed by atoms with Crippen molar-refractivity contribution < 1.29 is 23.4 Å². The fraction of sp³-hybridized carbons (Fsp3) is 0.524. The molecule has 168 valence electrons. The number of anilines is 1. The Balaban J connectivity index is 1.96. The minimum atomic E-state index is -1.32. The molecular weight excluding hydrogens is 427 g/mol. The predicted molar refractivity (Wildman–Crippen MR) is 114 cm³/mol. The highest BCUT2D eigenvalue weighted by Crippen LogP contribution is 2.27. The molecule has 0 radical (unpaired) electrons. The van der Waals surface area contributed by atoms with Crippen LogP contribution >= 0.6 is 11.6 Å². The first-order valence-corrected chi connectivity index (χ1v) is 10.5. The van der Waals surface area contributed by atoms with Crippen LogP contribution < -0.4 is 9.64 Å². The van der Waals surface area contributed by atoms with Crippen LogP contribution in [0.1, 0.15) is 33.6 Å². The number of carbonyl (C=O) groups is 1. The molecule has 10 heteroatoms. The van der Waals surface area contributed by atoms with E-state index in [9.17, 15) is 9.18 Å². The quantitative estimate of drug-likeness (QED) is 0.588. The molecule has 1 aromatic carbocycles. The Morgan fingerprint density at radius 3 is 2.58 bits per heavy atom. The van der Waals surface area contributed by atoms with Crippen molar-refractivity contribution in [2.45, 2.75) is 45.3 Å². The molecule has 8 nitrogen and oxygen atoms in total. The molecule has 1 fully saturated rings. The molecule has 0 amide bonds. The smallest absolute Gasteiger partial charge is 0.349 e. The number of piperidine rings is 1. The Kier molecular flexibility index (Phi) is 7.27. The third-order valence-corrected chi connectivity index (χ3v) is 5.24. The molecule has 0 atom stereocenters. The van der Waals surface area contributed by atoms with Crippen LogP contribution in [0.4, 0.5) is 10.3 Å². The minimum Gasteiger partial charge on any atom is -0.466 e. The number of rotatable bonds is 7. The fourth-order valence-corrected chi connectivity index (χ4v) is 3.39. The lowest BCUT2D eigenvalue weighted by atomic mass is 10.1. The standard InChI is InChI=1S/C21H26ClFN4O4/c1-5-30-14-8-10-27(11-9-14)19-24-17(13-6-7-15(22)16(23)12-13)25-20(26-19)31-21(2,3)18(28)29-4/h6-7,12,14H,5,8-11H2,1-4H3. The Morgan fingerprint density at radius 2 is 1.97 bits per heavy atom. The van der Waals surface area contributed by atoms with Gasteiger partial charge in [0.25, 0.3) is 0 Å². The molecule has 1 aliphatic rings. The van der Waals surface area contributed by atoms with E-state index in [2.05, 4.69) is 15.0 Å². The van der Waals surface area contributed by atoms with E-state index in [1.165, 1.54) is 19.2 Å². The number of esters is 1. The van der Waals surface area contributed by atoms with Crippen LogP contribution in [-0.4, -0.2) is 59.4 Å². The first-order chi connectivity index (χ1) is 14.7. The molecule has 0 unspecified atom stereocenters. The van der Waals surface area contributed by atoms with Crippen molar-refractivity contribution in [3.63, 3.8) is 0 Å². The highest BCUT2D eigenvalue weighted by molar-refractivity contribution is 6.30. The Bertz CT molecular complexity index is 936. The van der Waals surface area contributed by atoms with Crippen molar-refractivity contribution in [3.8, 4) is 17.4 Å². The van der Waals surface area contributed by atoms with Crippen molar-refractivity contribution in [1.29, 1.82) is 0 Å². The molecule has 1 aromatic heterocycles. The van der Waals surface area contributed by atoms with Gasteiger partial charge >= 0.3 is 12.0 Å². The fourth-order valence-electron chi connectivity index (χ4n) is 3.27. The van der Waals surface area contributed by atoms with Crippen molar-refractivity contribution in [3.05, 3.63) is 29.0 Å². The minimum absolute atomic E-state index is 0.000626. The third-order valence-electron chi connectivity index (χ3n) is 4.93. The number of hydrogen-bond donors (Lipinski definition) is 0. The van der Waals surface area contributed by atoms with Gasteiger partial charge in [-0.25, -0.2) is 9.18 Å². The zero-order valence-electron chi connectivity index (χ0n) is 18.0. The molecule has 0 spiro atoms. The number of aromatic nitrogens is 3. The van der Waals surface area contributed by atoms with Crippen molar-refractivity contribution in [1.82, 2.24) is 15.0 Å². The van der Waals surface area contributed by atoms with Crippen molar-refractivity contribution in [2.75, 3.05) is 31.7 Å². The summed E-state index contributed by atoms with van der Waals surface area (Å²) < 4.78 is 30.3. The first-order valence-electron chi connectivity index (χ1n) is 10.1. The van der Waals surface area contributed by atoms with Crippen LogP contribution in [0, 0.1) is 5.82 Å². The summed E-state index contributed by atoms with van der Waals surface area (Å²) in [7, 11) is 1.27. The highest BCUT2D eigenvalue weighted by atomic mass is 35.5. The van der Waals surface area contributed by atoms with Gasteiger partial charge in [-0.15, -0.1) is 0 Å². The second-order valence-electron chi connectivity index (χ2n) is 7.62. The van der Waals surface area contributed by atoms with E-state index in [0.717, 1.165) is 12.8 Å². The molecule has 2 heterocycles. The average molecular weight is 453 g/mol. The number of ether oxygens (including phenoxy) is 3. The van der Waals surface area contributed by atoms with E-state index >= 15 is 0 Å². The monoisotopic (exact) mass is 452 g/mol. The molecule has 3 rings (SSSR count). The Hall–Kier alpha value is -2.52. The molecule has 0 bridgehead atoms. The summed E-state index contributed by atoms with van der Waals surface area (Å²) in [6.07, 6.45) is 1.85. The molecule has 31 heavy (non-hydrogen) atoms. The zero-order valence-corrected chi connectivity index (χ0v) is 18.8. The van der Waals surface area contributed by atoms with E-state index < -0.39 is 17.4 Å². The van der Waals surface area contributed by atoms with Crippen molar-refractivity contribution in [2.24, 2.45) is 0 Å².